The number of aromatic nitrogens is 2. The summed E-state index contributed by atoms with van der Waals surface area (Å²) in [5, 5.41) is 28.0. The summed E-state index contributed by atoms with van der Waals surface area (Å²) < 4.78 is 46.7. The summed E-state index contributed by atoms with van der Waals surface area (Å²) in [7, 11) is 0. The van der Waals surface area contributed by atoms with Crippen LogP contribution in [0.25, 0.3) is 0 Å². The molecule has 2 bridgehead atoms. The third-order valence-corrected chi connectivity index (χ3v) is 7.61. The number of carbonyl (C=O) groups excluding carboxylic acids is 3. The number of nitriles is 1. The molecule has 2 aromatic rings. The van der Waals surface area contributed by atoms with Crippen molar-refractivity contribution in [3.63, 3.8) is 0 Å². The molecule has 37 heavy (non-hydrogen) atoms. The van der Waals surface area contributed by atoms with E-state index in [2.05, 4.69) is 15.5 Å². The van der Waals surface area contributed by atoms with Gasteiger partial charge in [-0.2, -0.15) is 23.5 Å². The van der Waals surface area contributed by atoms with E-state index in [0.29, 0.717) is 11.8 Å². The highest BCUT2D eigenvalue weighted by Gasteiger charge is 2.76. The highest BCUT2D eigenvalue weighted by atomic mass is 19.4. The molecule has 0 spiro atoms. The van der Waals surface area contributed by atoms with E-state index in [0.717, 1.165) is 17.0 Å². The quantitative estimate of drug-likeness (QED) is 0.527. The smallest absolute Gasteiger partial charge is 0.387 e. The van der Waals surface area contributed by atoms with Gasteiger partial charge in [0, 0.05) is 6.42 Å². The molecular weight excluding hydrogens is 495 g/mol. The Kier molecular flexibility index (Phi) is 5.30. The van der Waals surface area contributed by atoms with Crippen molar-refractivity contribution in [3.05, 3.63) is 46.8 Å². The molecule has 0 aliphatic carbocycles. The van der Waals surface area contributed by atoms with Crippen molar-refractivity contribution in [3.8, 4) is 6.07 Å². The van der Waals surface area contributed by atoms with Crippen LogP contribution in [0.2, 0.25) is 0 Å². The van der Waals surface area contributed by atoms with E-state index in [4.69, 9.17) is 10.00 Å². The highest BCUT2D eigenvalue weighted by molar-refractivity contribution is 6.23. The van der Waals surface area contributed by atoms with Gasteiger partial charge in [0.2, 0.25) is 11.8 Å². The average Bonchev–Trinajstić information content (AvgIpc) is 3.52. The van der Waals surface area contributed by atoms with E-state index in [9.17, 15) is 32.7 Å². The molecule has 0 saturated carbocycles. The number of ether oxygens (including phenoxy) is 1. The van der Waals surface area contributed by atoms with Gasteiger partial charge in [-0.3, -0.25) is 19.5 Å². The minimum Gasteiger partial charge on any atom is -0.387 e. The number of aliphatic hydroxyl groups excluding tert-OH is 1. The van der Waals surface area contributed by atoms with E-state index in [1.54, 1.807) is 13.8 Å². The van der Waals surface area contributed by atoms with Gasteiger partial charge >= 0.3 is 6.18 Å². The maximum absolute atomic E-state index is 13.6. The Hall–Kier alpha value is -3.76. The fourth-order valence-corrected chi connectivity index (χ4v) is 5.91. The number of hydrogen-bond acceptors (Lipinski definition) is 7. The molecule has 3 aliphatic heterocycles. The van der Waals surface area contributed by atoms with E-state index in [1.165, 1.54) is 19.1 Å². The number of aromatic amines is 1. The summed E-state index contributed by atoms with van der Waals surface area (Å²) in [5.41, 5.74) is -4.30. The van der Waals surface area contributed by atoms with Crippen molar-refractivity contribution in [1.29, 1.82) is 5.26 Å². The summed E-state index contributed by atoms with van der Waals surface area (Å²) in [4.78, 5) is 40.5. The van der Waals surface area contributed by atoms with Gasteiger partial charge in [-0.05, 0) is 45.0 Å². The van der Waals surface area contributed by atoms with Crippen LogP contribution in [0.1, 0.15) is 60.6 Å². The monoisotopic (exact) mass is 517 g/mol. The Labute approximate surface area is 208 Å². The zero-order valence-electron chi connectivity index (χ0n) is 19.9. The molecular formula is C24H22F3N5O5. The second-order valence-corrected chi connectivity index (χ2v) is 10.0. The first kappa shape index (κ1) is 24.9. The third-order valence-electron chi connectivity index (χ3n) is 7.61. The van der Waals surface area contributed by atoms with E-state index in [1.807, 2.05) is 0 Å². The number of hydrogen-bond donors (Lipinski definition) is 3. The second kappa shape index (κ2) is 7.87. The van der Waals surface area contributed by atoms with Crippen LogP contribution in [0.15, 0.2) is 24.3 Å². The Morgan fingerprint density at radius 3 is 2.57 bits per heavy atom. The molecule has 5 rings (SSSR count). The predicted molar refractivity (Wildman–Crippen MR) is 119 cm³/mol. The first-order valence-electron chi connectivity index (χ1n) is 11.4. The number of carbonyl (C=O) groups is 3. The summed E-state index contributed by atoms with van der Waals surface area (Å²) in [6.07, 6.45) is -5.55. The van der Waals surface area contributed by atoms with Crippen LogP contribution in [0.5, 0.6) is 0 Å². The number of amides is 3. The molecule has 3 amide bonds. The van der Waals surface area contributed by atoms with Gasteiger partial charge in [0.25, 0.3) is 5.91 Å². The van der Waals surface area contributed by atoms with Crippen LogP contribution in [-0.2, 0) is 20.5 Å². The number of alkyl halides is 3. The fraction of sp³-hybridized carbons (Fsp3) is 0.458. The van der Waals surface area contributed by atoms with Crippen molar-refractivity contribution in [2.75, 3.05) is 4.90 Å². The first-order chi connectivity index (χ1) is 17.2. The van der Waals surface area contributed by atoms with Crippen molar-refractivity contribution in [1.82, 2.24) is 15.5 Å². The minimum absolute atomic E-state index is 0.0108. The summed E-state index contributed by atoms with van der Waals surface area (Å²) in [6, 6.07) is 4.84. The lowest BCUT2D eigenvalue weighted by Crippen LogP contribution is -2.56. The van der Waals surface area contributed by atoms with E-state index in [-0.39, 0.29) is 17.8 Å². The summed E-state index contributed by atoms with van der Waals surface area (Å²) in [6.45, 7) is 4.73. The van der Waals surface area contributed by atoms with Gasteiger partial charge in [-0.25, -0.2) is 4.90 Å². The van der Waals surface area contributed by atoms with Crippen LogP contribution in [0, 0.1) is 23.2 Å². The lowest BCUT2D eigenvalue weighted by atomic mass is 9.66. The number of benzene rings is 1. The van der Waals surface area contributed by atoms with Crippen LogP contribution in [-0.4, -0.2) is 50.3 Å². The van der Waals surface area contributed by atoms with Gasteiger partial charge in [-0.15, -0.1) is 0 Å². The van der Waals surface area contributed by atoms with Gasteiger partial charge in [0.05, 0.1) is 63.8 Å². The molecule has 3 unspecified atom stereocenters. The zero-order chi connectivity index (χ0) is 27.1. The topological polar surface area (TPSA) is 148 Å². The molecule has 3 fully saturated rings. The maximum atomic E-state index is 13.6. The van der Waals surface area contributed by atoms with Crippen molar-refractivity contribution in [2.45, 2.75) is 56.7 Å². The number of imide groups is 1. The number of anilines is 1. The second-order valence-electron chi connectivity index (χ2n) is 10.0. The van der Waals surface area contributed by atoms with Gasteiger partial charge in [0.1, 0.15) is 5.69 Å². The third kappa shape index (κ3) is 3.54. The summed E-state index contributed by atoms with van der Waals surface area (Å²) >= 11 is 0. The van der Waals surface area contributed by atoms with Gasteiger partial charge in [0.15, 0.2) is 0 Å². The zero-order valence-corrected chi connectivity index (χ0v) is 19.9. The molecule has 3 saturated heterocycles. The lowest BCUT2D eigenvalue weighted by Gasteiger charge is -2.35. The van der Waals surface area contributed by atoms with Crippen LogP contribution in [0.4, 0.5) is 18.9 Å². The number of H-pyrrole nitrogens is 1. The number of rotatable bonds is 4. The molecule has 4 heterocycles. The van der Waals surface area contributed by atoms with Crippen molar-refractivity contribution >= 4 is 23.4 Å². The minimum atomic E-state index is -4.86. The molecule has 0 radical (unpaired) electrons. The van der Waals surface area contributed by atoms with Crippen LogP contribution in [0.3, 0.4) is 0 Å². The van der Waals surface area contributed by atoms with Crippen LogP contribution < -0.4 is 10.2 Å². The number of nitrogens with one attached hydrogen (secondary N) is 2. The molecule has 3 aliphatic rings. The molecule has 3 N–H and O–H groups in total. The number of fused-ring (bicyclic) bond motifs is 5. The van der Waals surface area contributed by atoms with Crippen molar-refractivity contribution < 1.29 is 37.4 Å². The molecule has 1 aromatic heterocycles. The number of nitrogens with zero attached hydrogens (tertiary/aromatic N) is 3. The van der Waals surface area contributed by atoms with E-state index < -0.39 is 70.2 Å². The van der Waals surface area contributed by atoms with Crippen molar-refractivity contribution in [2.24, 2.45) is 11.8 Å². The molecule has 194 valence electrons. The summed E-state index contributed by atoms with van der Waals surface area (Å²) in [5.74, 6) is -4.04. The normalized spacial score (nSPS) is 31.4. The standard InChI is InChI=1S/C24H22F3N5O5/c1-10(33)14-7-15(31-30-14)19(34)29-16-8-22(2)17-18(23(16,3)37-22)21(36)32(20(17)35)12-5-4-11(9-28)13(6-12)24(25,26)27/h4-7,10,16-18,33H,8H2,1-3H3,(H,29,34)(H,30,31)/t10?,16-,17?,18?,22-,23+/m0/s1. The fourth-order valence-electron chi connectivity index (χ4n) is 5.91. The van der Waals surface area contributed by atoms with Gasteiger partial charge < -0.3 is 15.2 Å². The van der Waals surface area contributed by atoms with E-state index >= 15 is 0 Å². The first-order valence-corrected chi connectivity index (χ1v) is 11.4. The Morgan fingerprint density at radius 2 is 1.97 bits per heavy atom. The lowest BCUT2D eigenvalue weighted by molar-refractivity contribution is -0.138. The predicted octanol–water partition coefficient (Wildman–Crippen LogP) is 2.21. The number of aliphatic hydroxyl groups is 1. The van der Waals surface area contributed by atoms with Gasteiger partial charge in [-0.1, -0.05) is 0 Å². The number of halogens is 3. The largest absolute Gasteiger partial charge is 0.417 e. The molecule has 6 atom stereocenters. The molecule has 13 heteroatoms. The Bertz CT molecular complexity index is 1380. The highest BCUT2D eigenvalue weighted by Crippen LogP contribution is 2.61. The Balaban J connectivity index is 1.46. The average molecular weight is 517 g/mol. The Morgan fingerprint density at radius 1 is 1.30 bits per heavy atom. The molecule has 1 aromatic carbocycles. The van der Waals surface area contributed by atoms with Crippen LogP contribution >= 0.6 is 0 Å². The maximum Gasteiger partial charge on any atom is 0.417 e. The SMILES string of the molecule is CC(O)c1cc(C(=O)N[C@H]2C[C@]3(C)O[C@@]2(C)C2C(=O)N(c4ccc(C#N)c(C(F)(F)F)c4)C(=O)C23)n[nH]1. The molecule has 10 nitrogen and oxygen atoms in total.